The zero-order chi connectivity index (χ0) is 13.1. The number of halogens is 2. The third kappa shape index (κ3) is 2.76. The molecule has 0 saturated heterocycles. The lowest BCUT2D eigenvalue weighted by atomic mass is 10.1. The van der Waals surface area contributed by atoms with Crippen LogP contribution in [0.4, 0.5) is 8.78 Å². The molecule has 2 nitrogen and oxygen atoms in total. The summed E-state index contributed by atoms with van der Waals surface area (Å²) in [5.74, 6) is -0.0904. The summed E-state index contributed by atoms with van der Waals surface area (Å²) < 4.78 is 31.9. The van der Waals surface area contributed by atoms with Crippen LogP contribution in [-0.2, 0) is 0 Å². The highest BCUT2D eigenvalue weighted by atomic mass is 19.1. The number of nitrogens with one attached hydrogen (secondary N) is 1. The summed E-state index contributed by atoms with van der Waals surface area (Å²) in [6.07, 6.45) is 1.58. The van der Waals surface area contributed by atoms with Crippen LogP contribution in [-0.4, -0.2) is 0 Å². The zero-order valence-electron chi connectivity index (χ0n) is 10.3. The van der Waals surface area contributed by atoms with Gasteiger partial charge in [0.05, 0.1) is 12.3 Å². The highest BCUT2D eigenvalue weighted by Gasteiger charge is 2.16. The molecular weight excluding hydrogens is 236 g/mol. The topological polar surface area (TPSA) is 25.2 Å². The van der Waals surface area contributed by atoms with E-state index >= 15 is 0 Å². The van der Waals surface area contributed by atoms with Crippen molar-refractivity contribution in [3.8, 4) is 0 Å². The molecule has 2 atom stereocenters. The van der Waals surface area contributed by atoms with Crippen LogP contribution >= 0.6 is 0 Å². The highest BCUT2D eigenvalue weighted by Crippen LogP contribution is 2.22. The van der Waals surface area contributed by atoms with Crippen molar-refractivity contribution in [1.82, 2.24) is 5.32 Å². The van der Waals surface area contributed by atoms with Gasteiger partial charge in [0.1, 0.15) is 17.4 Å². The molecule has 0 bridgehead atoms. The van der Waals surface area contributed by atoms with Crippen LogP contribution in [0.15, 0.2) is 41.0 Å². The van der Waals surface area contributed by atoms with Crippen LogP contribution in [0.5, 0.6) is 0 Å². The van der Waals surface area contributed by atoms with Gasteiger partial charge in [-0.05, 0) is 44.2 Å². The van der Waals surface area contributed by atoms with Crippen molar-refractivity contribution in [2.75, 3.05) is 0 Å². The summed E-state index contributed by atoms with van der Waals surface area (Å²) in [5.41, 5.74) is 0.313. The molecule has 0 radical (unpaired) electrons. The second kappa shape index (κ2) is 5.31. The molecular formula is C14H15F2NO. The van der Waals surface area contributed by atoms with E-state index in [0.717, 1.165) is 17.9 Å². The molecule has 1 aromatic heterocycles. The average Bonchev–Trinajstić information content (AvgIpc) is 2.85. The van der Waals surface area contributed by atoms with Crippen LogP contribution in [0.3, 0.4) is 0 Å². The number of benzene rings is 1. The van der Waals surface area contributed by atoms with Gasteiger partial charge in [0.25, 0.3) is 0 Å². The Labute approximate surface area is 105 Å². The van der Waals surface area contributed by atoms with Crippen LogP contribution in [0.2, 0.25) is 0 Å². The van der Waals surface area contributed by atoms with Gasteiger partial charge >= 0.3 is 0 Å². The van der Waals surface area contributed by atoms with E-state index in [-0.39, 0.29) is 12.1 Å². The Morgan fingerprint density at radius 3 is 2.56 bits per heavy atom. The molecule has 2 aromatic rings. The fraction of sp³-hybridized carbons (Fsp3) is 0.286. The molecule has 1 aromatic carbocycles. The van der Waals surface area contributed by atoms with Crippen molar-refractivity contribution in [3.63, 3.8) is 0 Å². The summed E-state index contributed by atoms with van der Waals surface area (Å²) in [6, 6.07) is 6.72. The maximum absolute atomic E-state index is 13.6. The highest BCUT2D eigenvalue weighted by molar-refractivity contribution is 5.22. The summed E-state index contributed by atoms with van der Waals surface area (Å²) >= 11 is 0. The zero-order valence-corrected chi connectivity index (χ0v) is 10.3. The quantitative estimate of drug-likeness (QED) is 0.889. The Morgan fingerprint density at radius 1 is 1.11 bits per heavy atom. The Hall–Kier alpha value is -1.68. The van der Waals surface area contributed by atoms with Crippen molar-refractivity contribution in [2.45, 2.75) is 25.9 Å². The van der Waals surface area contributed by atoms with E-state index in [2.05, 4.69) is 5.32 Å². The average molecular weight is 251 g/mol. The maximum atomic E-state index is 13.6. The number of furan rings is 1. The van der Waals surface area contributed by atoms with Gasteiger partial charge in [-0.15, -0.1) is 0 Å². The van der Waals surface area contributed by atoms with Gasteiger partial charge in [0, 0.05) is 11.6 Å². The molecule has 4 heteroatoms. The molecule has 0 aliphatic heterocycles. The van der Waals surface area contributed by atoms with Gasteiger partial charge in [0.2, 0.25) is 0 Å². The first-order valence-electron chi connectivity index (χ1n) is 5.82. The monoisotopic (exact) mass is 251 g/mol. The summed E-state index contributed by atoms with van der Waals surface area (Å²) in [5, 5.41) is 3.17. The van der Waals surface area contributed by atoms with Gasteiger partial charge in [-0.1, -0.05) is 0 Å². The van der Waals surface area contributed by atoms with Gasteiger partial charge in [0.15, 0.2) is 0 Å². The van der Waals surface area contributed by atoms with Gasteiger partial charge in [-0.25, -0.2) is 8.78 Å². The molecule has 0 amide bonds. The van der Waals surface area contributed by atoms with Crippen molar-refractivity contribution >= 4 is 0 Å². The van der Waals surface area contributed by atoms with Crippen LogP contribution in [0.25, 0.3) is 0 Å². The lowest BCUT2D eigenvalue weighted by Crippen LogP contribution is -2.23. The van der Waals surface area contributed by atoms with E-state index in [0.29, 0.717) is 5.56 Å². The smallest absolute Gasteiger partial charge is 0.128 e. The second-order valence-electron chi connectivity index (χ2n) is 4.29. The van der Waals surface area contributed by atoms with E-state index in [1.165, 1.54) is 6.07 Å². The third-order valence-electron chi connectivity index (χ3n) is 2.89. The Kier molecular flexibility index (Phi) is 3.77. The molecule has 96 valence electrons. The van der Waals surface area contributed by atoms with Gasteiger partial charge in [-0.3, -0.25) is 0 Å². The Bertz CT molecular complexity index is 511. The molecule has 18 heavy (non-hydrogen) atoms. The molecule has 0 aliphatic carbocycles. The van der Waals surface area contributed by atoms with E-state index in [9.17, 15) is 8.78 Å². The summed E-state index contributed by atoms with van der Waals surface area (Å²) in [4.78, 5) is 0. The third-order valence-corrected chi connectivity index (χ3v) is 2.89. The molecule has 1 unspecified atom stereocenters. The van der Waals surface area contributed by atoms with Crippen LogP contribution in [0, 0.1) is 11.6 Å². The maximum Gasteiger partial charge on any atom is 0.128 e. The fourth-order valence-electron chi connectivity index (χ4n) is 1.93. The van der Waals surface area contributed by atoms with E-state index in [1.807, 2.05) is 13.0 Å². The normalized spacial score (nSPS) is 14.4. The Morgan fingerprint density at radius 2 is 1.89 bits per heavy atom. The lowest BCUT2D eigenvalue weighted by molar-refractivity contribution is 0.396. The molecule has 1 heterocycles. The van der Waals surface area contributed by atoms with E-state index in [4.69, 9.17) is 4.42 Å². The first-order valence-corrected chi connectivity index (χ1v) is 5.82. The predicted octanol–water partition coefficient (Wildman–Crippen LogP) is 3.97. The fourth-order valence-corrected chi connectivity index (χ4v) is 1.93. The van der Waals surface area contributed by atoms with Crippen molar-refractivity contribution in [1.29, 1.82) is 0 Å². The molecule has 1 N–H and O–H groups in total. The SMILES string of the molecule is CC(N[C@H](C)c1ccco1)c1cc(F)ccc1F. The van der Waals surface area contributed by atoms with Gasteiger partial charge in [-0.2, -0.15) is 0 Å². The van der Waals surface area contributed by atoms with E-state index < -0.39 is 11.6 Å². The minimum Gasteiger partial charge on any atom is -0.468 e. The molecule has 0 saturated carbocycles. The molecule has 2 rings (SSSR count). The predicted molar refractivity (Wildman–Crippen MR) is 65.0 cm³/mol. The minimum atomic E-state index is -0.439. The minimum absolute atomic E-state index is 0.0716. The summed E-state index contributed by atoms with van der Waals surface area (Å²) in [7, 11) is 0. The second-order valence-corrected chi connectivity index (χ2v) is 4.29. The first-order chi connectivity index (χ1) is 8.58. The molecule has 0 aliphatic rings. The largest absolute Gasteiger partial charge is 0.468 e. The summed E-state index contributed by atoms with van der Waals surface area (Å²) in [6.45, 7) is 3.70. The van der Waals surface area contributed by atoms with Gasteiger partial charge < -0.3 is 9.73 Å². The van der Waals surface area contributed by atoms with E-state index in [1.54, 1.807) is 19.3 Å². The van der Waals surface area contributed by atoms with Crippen molar-refractivity contribution < 1.29 is 13.2 Å². The van der Waals surface area contributed by atoms with Crippen LogP contribution < -0.4 is 5.32 Å². The molecule has 0 spiro atoms. The van der Waals surface area contributed by atoms with Crippen molar-refractivity contribution in [2.24, 2.45) is 0 Å². The standard InChI is InChI=1S/C14H15F2NO/c1-9(12-8-11(15)5-6-13(12)16)17-10(2)14-4-3-7-18-14/h3-10,17H,1-2H3/t9?,10-/m1/s1. The molecule has 0 fully saturated rings. The van der Waals surface area contributed by atoms with Crippen LogP contribution in [0.1, 0.15) is 37.3 Å². The number of rotatable bonds is 4. The first kappa shape index (κ1) is 12.8. The lowest BCUT2D eigenvalue weighted by Gasteiger charge is -2.19. The van der Waals surface area contributed by atoms with Crippen molar-refractivity contribution in [3.05, 3.63) is 59.6 Å². The number of hydrogen-bond donors (Lipinski definition) is 1. The number of hydrogen-bond acceptors (Lipinski definition) is 2. The Balaban J connectivity index is 2.12.